The average Bonchev–Trinajstić information content (AvgIpc) is 2.15. The van der Waals surface area contributed by atoms with Gasteiger partial charge in [0.2, 0.25) is 0 Å². The largest absolute Gasteiger partial charge is 0.508 e. The first-order valence-electron chi connectivity index (χ1n) is 4.50. The first-order chi connectivity index (χ1) is 7.41. The van der Waals surface area contributed by atoms with Crippen molar-refractivity contribution in [1.82, 2.24) is 0 Å². The van der Waals surface area contributed by atoms with Crippen LogP contribution in [0.4, 0.5) is 8.78 Å². The summed E-state index contributed by atoms with van der Waals surface area (Å²) >= 11 is 0. The molecular formula is C10H11F2NO3. The molecule has 0 bridgehead atoms. The molecule has 0 aliphatic carbocycles. The molecule has 0 heterocycles. The molecule has 0 saturated heterocycles. The van der Waals surface area contributed by atoms with Crippen LogP contribution in [0, 0.1) is 0 Å². The summed E-state index contributed by atoms with van der Waals surface area (Å²) in [6.07, 6.45) is -3.06. The third-order valence-electron chi connectivity index (χ3n) is 2.10. The van der Waals surface area contributed by atoms with Crippen LogP contribution in [0.25, 0.3) is 0 Å². The summed E-state index contributed by atoms with van der Waals surface area (Å²) in [7, 11) is 0. The van der Waals surface area contributed by atoms with Crippen molar-refractivity contribution < 1.29 is 23.8 Å². The normalized spacial score (nSPS) is 12.8. The van der Waals surface area contributed by atoms with E-state index in [4.69, 9.17) is 10.8 Å². The summed E-state index contributed by atoms with van der Waals surface area (Å²) < 4.78 is 24.5. The molecule has 6 heteroatoms. The standard InChI is InChI=1S/C10H11F2NO3/c11-10(12)5-1-2-6(8(14)3-5)7(13)4-9(15)16/h1-3,7,10,14H,4,13H2,(H,15,16). The van der Waals surface area contributed by atoms with Crippen LogP contribution in [0.3, 0.4) is 0 Å². The molecule has 1 unspecified atom stereocenters. The van der Waals surface area contributed by atoms with E-state index in [1.807, 2.05) is 0 Å². The number of hydrogen-bond acceptors (Lipinski definition) is 3. The minimum atomic E-state index is -2.68. The monoisotopic (exact) mass is 231 g/mol. The number of hydrogen-bond donors (Lipinski definition) is 3. The second-order valence-electron chi connectivity index (χ2n) is 3.32. The van der Waals surface area contributed by atoms with E-state index in [1.54, 1.807) is 0 Å². The number of phenols is 1. The lowest BCUT2D eigenvalue weighted by Crippen LogP contribution is -2.15. The number of aliphatic carboxylic acids is 1. The van der Waals surface area contributed by atoms with Gasteiger partial charge in [0.15, 0.2) is 0 Å². The van der Waals surface area contributed by atoms with Crippen molar-refractivity contribution in [2.75, 3.05) is 0 Å². The highest BCUT2D eigenvalue weighted by Crippen LogP contribution is 2.29. The smallest absolute Gasteiger partial charge is 0.305 e. The Kier molecular flexibility index (Phi) is 3.78. The molecule has 4 nitrogen and oxygen atoms in total. The van der Waals surface area contributed by atoms with Crippen LogP contribution in [0.1, 0.15) is 30.0 Å². The number of nitrogens with two attached hydrogens (primary N) is 1. The lowest BCUT2D eigenvalue weighted by Gasteiger charge is -2.12. The van der Waals surface area contributed by atoms with E-state index < -0.39 is 24.2 Å². The fraction of sp³-hybridized carbons (Fsp3) is 0.300. The van der Waals surface area contributed by atoms with Crippen molar-refractivity contribution in [1.29, 1.82) is 0 Å². The average molecular weight is 231 g/mol. The third-order valence-corrected chi connectivity index (χ3v) is 2.10. The number of phenolic OH excluding ortho intramolecular Hbond substituents is 1. The van der Waals surface area contributed by atoms with E-state index in [9.17, 15) is 18.7 Å². The molecule has 0 radical (unpaired) electrons. The Hall–Kier alpha value is -1.69. The van der Waals surface area contributed by atoms with Gasteiger partial charge >= 0.3 is 5.97 Å². The molecule has 4 N–H and O–H groups in total. The zero-order valence-electron chi connectivity index (χ0n) is 8.23. The van der Waals surface area contributed by atoms with Crippen LogP contribution in [0.15, 0.2) is 18.2 Å². The van der Waals surface area contributed by atoms with E-state index in [2.05, 4.69) is 0 Å². The Bertz CT molecular complexity index is 396. The number of alkyl halides is 2. The Morgan fingerprint density at radius 2 is 2.06 bits per heavy atom. The number of aromatic hydroxyl groups is 1. The first-order valence-corrected chi connectivity index (χ1v) is 4.50. The topological polar surface area (TPSA) is 83.6 Å². The molecule has 16 heavy (non-hydrogen) atoms. The maximum absolute atomic E-state index is 12.3. The maximum atomic E-state index is 12.3. The molecule has 88 valence electrons. The number of halogens is 2. The van der Waals surface area contributed by atoms with E-state index in [0.29, 0.717) is 0 Å². The summed E-state index contributed by atoms with van der Waals surface area (Å²) in [6, 6.07) is 2.30. The predicted octanol–water partition coefficient (Wildman–Crippen LogP) is 1.80. The molecule has 1 aromatic carbocycles. The second-order valence-corrected chi connectivity index (χ2v) is 3.32. The van der Waals surface area contributed by atoms with Gasteiger partial charge in [0, 0.05) is 17.2 Å². The van der Waals surface area contributed by atoms with Gasteiger partial charge in [-0.05, 0) is 6.07 Å². The van der Waals surface area contributed by atoms with Crippen molar-refractivity contribution >= 4 is 5.97 Å². The van der Waals surface area contributed by atoms with Gasteiger partial charge in [-0.3, -0.25) is 4.79 Å². The molecular weight excluding hydrogens is 220 g/mol. The van der Waals surface area contributed by atoms with Gasteiger partial charge in [-0.2, -0.15) is 0 Å². The minimum Gasteiger partial charge on any atom is -0.508 e. The van der Waals surface area contributed by atoms with Gasteiger partial charge < -0.3 is 15.9 Å². The summed E-state index contributed by atoms with van der Waals surface area (Å²) in [6.45, 7) is 0. The SMILES string of the molecule is NC(CC(=O)O)c1ccc(C(F)F)cc1O. The quantitative estimate of drug-likeness (QED) is 0.737. The molecule has 1 aromatic rings. The van der Waals surface area contributed by atoms with Crippen LogP contribution in [0.2, 0.25) is 0 Å². The molecule has 0 amide bonds. The maximum Gasteiger partial charge on any atom is 0.305 e. The lowest BCUT2D eigenvalue weighted by molar-refractivity contribution is -0.137. The molecule has 1 atom stereocenters. The van der Waals surface area contributed by atoms with Gasteiger partial charge in [0.05, 0.1) is 6.42 Å². The highest BCUT2D eigenvalue weighted by atomic mass is 19.3. The zero-order chi connectivity index (χ0) is 12.3. The van der Waals surface area contributed by atoms with Crippen LogP contribution in [0.5, 0.6) is 5.75 Å². The molecule has 0 aromatic heterocycles. The molecule has 0 spiro atoms. The van der Waals surface area contributed by atoms with Crippen molar-refractivity contribution in [2.24, 2.45) is 5.73 Å². The van der Waals surface area contributed by atoms with E-state index >= 15 is 0 Å². The Morgan fingerprint density at radius 1 is 1.44 bits per heavy atom. The summed E-state index contributed by atoms with van der Waals surface area (Å²) in [4.78, 5) is 10.4. The van der Waals surface area contributed by atoms with Gasteiger partial charge in [-0.1, -0.05) is 12.1 Å². The van der Waals surface area contributed by atoms with Crippen molar-refractivity contribution in [3.63, 3.8) is 0 Å². The fourth-order valence-corrected chi connectivity index (χ4v) is 1.31. The Balaban J connectivity index is 2.94. The molecule has 1 rings (SSSR count). The number of benzene rings is 1. The third kappa shape index (κ3) is 2.90. The first kappa shape index (κ1) is 12.4. The molecule has 0 aliphatic heterocycles. The van der Waals surface area contributed by atoms with E-state index in [1.165, 1.54) is 6.07 Å². The van der Waals surface area contributed by atoms with Gasteiger partial charge in [-0.25, -0.2) is 8.78 Å². The number of carboxylic acid groups (broad SMARTS) is 1. The Labute approximate surface area is 90.3 Å². The second kappa shape index (κ2) is 4.89. The van der Waals surface area contributed by atoms with Crippen LogP contribution >= 0.6 is 0 Å². The van der Waals surface area contributed by atoms with Crippen LogP contribution in [-0.4, -0.2) is 16.2 Å². The highest BCUT2D eigenvalue weighted by molar-refractivity contribution is 5.68. The fourth-order valence-electron chi connectivity index (χ4n) is 1.31. The number of carbonyl (C=O) groups is 1. The molecule has 0 fully saturated rings. The van der Waals surface area contributed by atoms with E-state index in [0.717, 1.165) is 12.1 Å². The van der Waals surface area contributed by atoms with Gasteiger partial charge in [0.1, 0.15) is 5.75 Å². The molecule has 0 aliphatic rings. The Morgan fingerprint density at radius 3 is 2.50 bits per heavy atom. The minimum absolute atomic E-state index is 0.145. The van der Waals surface area contributed by atoms with E-state index in [-0.39, 0.29) is 17.5 Å². The van der Waals surface area contributed by atoms with Crippen LogP contribution in [-0.2, 0) is 4.79 Å². The lowest BCUT2D eigenvalue weighted by atomic mass is 10.0. The summed E-state index contributed by atoms with van der Waals surface area (Å²) in [5.41, 5.74) is 5.31. The molecule has 0 saturated carbocycles. The zero-order valence-corrected chi connectivity index (χ0v) is 8.23. The van der Waals surface area contributed by atoms with Crippen molar-refractivity contribution in [3.05, 3.63) is 29.3 Å². The number of carboxylic acids is 1. The van der Waals surface area contributed by atoms with Gasteiger partial charge in [-0.15, -0.1) is 0 Å². The highest BCUT2D eigenvalue weighted by Gasteiger charge is 2.16. The van der Waals surface area contributed by atoms with Crippen molar-refractivity contribution in [3.8, 4) is 5.75 Å². The predicted molar refractivity (Wildman–Crippen MR) is 52.2 cm³/mol. The van der Waals surface area contributed by atoms with Crippen molar-refractivity contribution in [2.45, 2.75) is 18.9 Å². The number of rotatable bonds is 4. The van der Waals surface area contributed by atoms with Crippen LogP contribution < -0.4 is 5.73 Å². The summed E-state index contributed by atoms with van der Waals surface area (Å²) in [5.74, 6) is -1.53. The van der Waals surface area contributed by atoms with Gasteiger partial charge in [0.25, 0.3) is 6.43 Å². The summed E-state index contributed by atoms with van der Waals surface area (Å²) in [5, 5.41) is 17.9.